The van der Waals surface area contributed by atoms with Crippen LogP contribution in [-0.2, 0) is 52.7 Å². The van der Waals surface area contributed by atoms with Crippen molar-refractivity contribution in [3.63, 3.8) is 0 Å². The topological polar surface area (TPSA) is 273 Å². The van der Waals surface area contributed by atoms with Crippen LogP contribution in [-0.4, -0.2) is 263 Å². The van der Waals surface area contributed by atoms with E-state index in [0.29, 0.717) is 19.3 Å². The molecule has 2 fully saturated rings. The molecule has 2 aliphatic heterocycles. The number of hydrogen-bond acceptors (Lipinski definition) is 13. The minimum atomic E-state index is -1.61. The van der Waals surface area contributed by atoms with Gasteiger partial charge in [0.2, 0.25) is 65.0 Å². The summed E-state index contributed by atoms with van der Waals surface area (Å²) in [5, 5.41) is 20.5. The molecule has 0 aliphatic carbocycles. The van der Waals surface area contributed by atoms with E-state index in [1.807, 2.05) is 82.2 Å². The van der Waals surface area contributed by atoms with Crippen molar-refractivity contribution in [2.24, 2.45) is 41.4 Å². The highest BCUT2D eigenvalue weighted by Crippen LogP contribution is 2.27. The Labute approximate surface area is 571 Å². The lowest BCUT2D eigenvalue weighted by Gasteiger charge is -2.41. The molecule has 0 spiro atoms. The Kier molecular flexibility index (Phi) is 35.7. The van der Waals surface area contributed by atoms with Crippen LogP contribution in [0.25, 0.3) is 0 Å². The molecule has 24 heteroatoms. The molecule has 0 aromatic heterocycles. The first-order valence-corrected chi connectivity index (χ1v) is 35.3. The molecule has 2 aliphatic rings. The van der Waals surface area contributed by atoms with Crippen LogP contribution in [0, 0.1) is 41.4 Å². The molecule has 11 amide bonds. The lowest BCUT2D eigenvalue weighted by Crippen LogP contribution is -2.63. The van der Waals surface area contributed by atoms with Gasteiger partial charge in [-0.15, -0.1) is 0 Å². The molecule has 0 aromatic carbocycles. The van der Waals surface area contributed by atoms with Gasteiger partial charge in [-0.3, -0.25) is 52.7 Å². The van der Waals surface area contributed by atoms with E-state index in [1.54, 1.807) is 38.7 Å². The number of aliphatic hydroxyl groups is 1. The fourth-order valence-corrected chi connectivity index (χ4v) is 13.0. The molecular formula is C71H128N12O12. The smallest absolute Gasteiger partial charge is 0.246 e. The summed E-state index contributed by atoms with van der Waals surface area (Å²) in [5.74, 6) is -9.34. The Hall–Kier alpha value is -6.17. The maximum atomic E-state index is 15.7. The monoisotopic (exact) mass is 1340 g/mol. The van der Waals surface area contributed by atoms with Crippen molar-refractivity contribution < 1.29 is 57.8 Å². The van der Waals surface area contributed by atoms with Crippen molar-refractivity contribution in [1.29, 1.82) is 0 Å². The number of likely N-dealkylation sites (tertiary alicyclic amines) is 1. The molecule has 24 nitrogen and oxygen atoms in total. The second-order valence-corrected chi connectivity index (χ2v) is 29.7. The van der Waals surface area contributed by atoms with Gasteiger partial charge in [0.15, 0.2) is 0 Å². The quantitative estimate of drug-likeness (QED) is 0.0898. The average molecular weight is 1340 g/mol. The second-order valence-electron chi connectivity index (χ2n) is 29.7. The summed E-state index contributed by atoms with van der Waals surface area (Å²) in [6.07, 6.45) is 7.70. The Morgan fingerprint density at radius 3 is 1.38 bits per heavy atom. The first-order chi connectivity index (χ1) is 44.2. The molecule has 0 bridgehead atoms. The summed E-state index contributed by atoms with van der Waals surface area (Å²) >= 11 is 0. The lowest BCUT2D eigenvalue weighted by atomic mass is 9.91. The van der Waals surface area contributed by atoms with Gasteiger partial charge in [0, 0.05) is 55.9 Å². The van der Waals surface area contributed by atoms with Crippen LogP contribution in [0.15, 0.2) is 12.2 Å². The number of unbranched alkanes of at least 4 members (excludes halogenated alkanes) is 1. The third kappa shape index (κ3) is 24.4. The molecule has 544 valence electrons. The fourth-order valence-electron chi connectivity index (χ4n) is 13.0. The number of piperidine rings is 1. The first-order valence-electron chi connectivity index (χ1n) is 35.3. The maximum absolute atomic E-state index is 15.7. The molecule has 0 saturated carbocycles. The van der Waals surface area contributed by atoms with E-state index in [0.717, 1.165) is 42.3 Å². The first kappa shape index (κ1) is 84.9. The predicted molar refractivity (Wildman–Crippen MR) is 372 cm³/mol. The average Bonchev–Trinajstić information content (AvgIpc) is 0.810. The van der Waals surface area contributed by atoms with Crippen molar-refractivity contribution >= 4 is 65.0 Å². The zero-order valence-electron chi connectivity index (χ0n) is 62.8. The SMILES string of the molecule is C/C=C/C[C@@H](C)[C@@H](O)[C@H]1C(=O)N[C@@H](CC)C(=O)N(C)CC(=O)N(C)[C@@H](CC(C)C)C(=O)N(CCCCN2CCCCC2)[C@@H](C(C)C)C(=O)N(C)[C@@H](CC(C)C)C(=O)N[C@@H](C)C(=O)N[C@H](C)C(=O)N(C)[C@@H](CC(C)C)C(=O)N(C)[C@@H](CC(C)C)C(=O)N(C)[C@@H](C(C)C)C(=O)N1C. The van der Waals surface area contributed by atoms with Crippen LogP contribution in [0.3, 0.4) is 0 Å². The fraction of sp³-hybridized carbons (Fsp3) is 0.817. The molecular weight excluding hydrogens is 1210 g/mol. The summed E-state index contributed by atoms with van der Waals surface area (Å²) in [6, 6.07) is -12.3. The standard InChI is InChI=1S/C71H128N12O12/c1-25-27-33-49(15)61(85)60-64(88)74-52(26-2)66(90)75(18)42-57(84)76(19)56(41-46(9)10)69(93)83(37-32-31-36-82-34-29-28-30-35-82)59(48(13)14)71(95)77(20)53(38-43(3)4)63(87)72-50(16)62(86)73-51(17)65(89)78(21)54(39-44(5)6)67(91)79(22)55(40-45(7)8)68(92)80(23)58(47(11)12)70(94)81(60)24/h25,27,43-56,58-61,85H,26,28-42H2,1-24H3,(H,72,87)(H,73,86)(H,74,88)/b27-25+/t49-,50+,51-,52+,53+,54+,55+,56+,58+,59+,60+,61-/m1/s1. The van der Waals surface area contributed by atoms with E-state index in [1.165, 1.54) is 94.1 Å². The van der Waals surface area contributed by atoms with Crippen LogP contribution >= 0.6 is 0 Å². The highest BCUT2D eigenvalue weighted by atomic mass is 16.3. The van der Waals surface area contributed by atoms with Gasteiger partial charge >= 0.3 is 0 Å². The third-order valence-corrected chi connectivity index (χ3v) is 18.9. The highest BCUT2D eigenvalue weighted by molar-refractivity contribution is 5.99. The normalized spacial score (nSPS) is 26.6. The van der Waals surface area contributed by atoms with E-state index < -0.39 is 156 Å². The Bertz CT molecular complexity index is 2570. The summed E-state index contributed by atoms with van der Waals surface area (Å²) in [6.45, 7) is 32.8. The number of likely N-dealkylation sites (N-methyl/N-ethyl adjacent to an activating group) is 7. The molecule has 2 rings (SSSR count). The van der Waals surface area contributed by atoms with E-state index in [4.69, 9.17) is 0 Å². The zero-order valence-corrected chi connectivity index (χ0v) is 62.8. The van der Waals surface area contributed by atoms with Gasteiger partial charge in [-0.1, -0.05) is 116 Å². The molecule has 0 radical (unpaired) electrons. The molecule has 95 heavy (non-hydrogen) atoms. The zero-order chi connectivity index (χ0) is 72.8. The number of aliphatic hydroxyl groups excluding tert-OH is 1. The summed E-state index contributed by atoms with van der Waals surface area (Å²) in [4.78, 5) is 177. The Morgan fingerprint density at radius 1 is 0.463 bits per heavy atom. The van der Waals surface area contributed by atoms with Gasteiger partial charge < -0.3 is 65.2 Å². The van der Waals surface area contributed by atoms with Crippen molar-refractivity contribution in [2.75, 3.05) is 82.1 Å². The number of carbonyl (C=O) groups excluding carboxylic acids is 11. The van der Waals surface area contributed by atoms with E-state index in [-0.39, 0.29) is 62.3 Å². The molecule has 12 atom stereocenters. The number of allylic oxidation sites excluding steroid dienone is 2. The third-order valence-electron chi connectivity index (χ3n) is 18.9. The van der Waals surface area contributed by atoms with Gasteiger partial charge in [0.1, 0.15) is 60.4 Å². The van der Waals surface area contributed by atoms with E-state index in [2.05, 4.69) is 20.9 Å². The molecule has 2 heterocycles. The largest absolute Gasteiger partial charge is 0.390 e. The van der Waals surface area contributed by atoms with Crippen LogP contribution < -0.4 is 16.0 Å². The summed E-state index contributed by atoms with van der Waals surface area (Å²) in [7, 11) is 10.2. The van der Waals surface area contributed by atoms with Crippen LogP contribution in [0.2, 0.25) is 0 Å². The predicted octanol–water partition coefficient (Wildman–Crippen LogP) is 5.25. The second kappa shape index (κ2) is 39.9. The molecule has 0 unspecified atom stereocenters. The van der Waals surface area contributed by atoms with E-state index >= 15 is 28.8 Å². The minimum Gasteiger partial charge on any atom is -0.390 e. The van der Waals surface area contributed by atoms with Gasteiger partial charge in [0.05, 0.1) is 12.6 Å². The van der Waals surface area contributed by atoms with Gasteiger partial charge in [0.25, 0.3) is 0 Å². The van der Waals surface area contributed by atoms with Crippen molar-refractivity contribution in [3.8, 4) is 0 Å². The number of nitrogens with one attached hydrogen (secondary N) is 3. The van der Waals surface area contributed by atoms with Crippen LogP contribution in [0.5, 0.6) is 0 Å². The number of amides is 11. The number of carbonyl (C=O) groups is 11. The van der Waals surface area contributed by atoms with Crippen LogP contribution in [0.4, 0.5) is 0 Å². The maximum Gasteiger partial charge on any atom is 0.246 e. The summed E-state index contributed by atoms with van der Waals surface area (Å²) in [5.41, 5.74) is 0. The summed E-state index contributed by atoms with van der Waals surface area (Å²) < 4.78 is 0. The Morgan fingerprint density at radius 2 is 0.895 bits per heavy atom. The molecule has 0 aromatic rings. The number of nitrogens with zero attached hydrogens (tertiary/aromatic N) is 9. The number of rotatable bonds is 20. The van der Waals surface area contributed by atoms with E-state index in [9.17, 15) is 29.1 Å². The van der Waals surface area contributed by atoms with Crippen molar-refractivity contribution in [3.05, 3.63) is 12.2 Å². The van der Waals surface area contributed by atoms with Crippen LogP contribution in [0.1, 0.15) is 188 Å². The lowest BCUT2D eigenvalue weighted by molar-refractivity contribution is -0.157. The van der Waals surface area contributed by atoms with Gasteiger partial charge in [-0.2, -0.15) is 0 Å². The Balaban J connectivity index is 3.07. The number of hydrogen-bond donors (Lipinski definition) is 4. The van der Waals surface area contributed by atoms with Gasteiger partial charge in [-0.25, -0.2) is 0 Å². The molecule has 4 N–H and O–H groups in total. The molecule has 2 saturated heterocycles. The minimum absolute atomic E-state index is 0.0256. The van der Waals surface area contributed by atoms with Crippen molar-refractivity contribution in [2.45, 2.75) is 255 Å². The van der Waals surface area contributed by atoms with Gasteiger partial charge in [-0.05, 0) is 146 Å². The van der Waals surface area contributed by atoms with Crippen molar-refractivity contribution in [1.82, 2.24) is 60.0 Å². The highest BCUT2D eigenvalue weighted by Gasteiger charge is 2.47.